The third kappa shape index (κ3) is 3.44. The quantitative estimate of drug-likeness (QED) is 0.815. The van der Waals surface area contributed by atoms with E-state index in [4.69, 9.17) is 0 Å². The minimum atomic E-state index is -0.762. The number of likely N-dealkylation sites (tertiary alicyclic amines) is 1. The average molecular weight is 284 g/mol. The summed E-state index contributed by atoms with van der Waals surface area (Å²) in [7, 11) is 0. The molecule has 1 aliphatic heterocycles. The molecule has 0 aliphatic carbocycles. The molecule has 0 bridgehead atoms. The molecule has 0 saturated carbocycles. The van der Waals surface area contributed by atoms with Crippen molar-refractivity contribution in [3.8, 4) is 0 Å². The second-order valence-electron chi connectivity index (χ2n) is 6.12. The fraction of sp³-hybridized carbons (Fsp3) is 0.867. The number of piperidine rings is 1. The number of carboxylic acids is 1. The minimum Gasteiger partial charge on any atom is -0.481 e. The molecule has 0 spiro atoms. The molecule has 1 fully saturated rings. The first-order valence-electron chi connectivity index (χ1n) is 7.63. The van der Waals surface area contributed by atoms with Crippen LogP contribution in [-0.4, -0.2) is 40.6 Å². The number of carbonyl (C=O) groups excluding carboxylic acids is 1. The molecule has 116 valence electrons. The van der Waals surface area contributed by atoms with Crippen molar-refractivity contribution in [3.63, 3.8) is 0 Å². The van der Waals surface area contributed by atoms with Crippen LogP contribution in [0.1, 0.15) is 59.8 Å². The predicted molar refractivity (Wildman–Crippen MR) is 78.7 cm³/mol. The van der Waals surface area contributed by atoms with Gasteiger partial charge in [-0.25, -0.2) is 4.79 Å². The van der Waals surface area contributed by atoms with E-state index in [-0.39, 0.29) is 11.6 Å². The van der Waals surface area contributed by atoms with Crippen molar-refractivity contribution in [2.45, 2.75) is 65.3 Å². The summed E-state index contributed by atoms with van der Waals surface area (Å²) in [5, 5.41) is 12.3. The van der Waals surface area contributed by atoms with Crippen molar-refractivity contribution in [2.75, 3.05) is 13.1 Å². The van der Waals surface area contributed by atoms with Crippen molar-refractivity contribution in [1.29, 1.82) is 0 Å². The maximum atomic E-state index is 12.3. The zero-order valence-corrected chi connectivity index (χ0v) is 13.2. The van der Waals surface area contributed by atoms with Gasteiger partial charge in [-0.15, -0.1) is 0 Å². The highest BCUT2D eigenvalue weighted by Crippen LogP contribution is 2.31. The van der Waals surface area contributed by atoms with Crippen molar-refractivity contribution in [3.05, 3.63) is 0 Å². The number of nitrogens with zero attached hydrogens (tertiary/aromatic N) is 1. The normalized spacial score (nSPS) is 18.7. The molecule has 2 N–H and O–H groups in total. The molecule has 5 nitrogen and oxygen atoms in total. The van der Waals surface area contributed by atoms with Gasteiger partial charge >= 0.3 is 12.0 Å². The topological polar surface area (TPSA) is 69.6 Å². The Kier molecular flexibility index (Phi) is 5.42. The van der Waals surface area contributed by atoms with Crippen LogP contribution in [-0.2, 0) is 4.79 Å². The molecular formula is C15H28N2O3. The second kappa shape index (κ2) is 6.46. The van der Waals surface area contributed by atoms with Gasteiger partial charge in [-0.2, -0.15) is 0 Å². The van der Waals surface area contributed by atoms with Crippen LogP contribution in [0, 0.1) is 5.41 Å². The zero-order chi connectivity index (χ0) is 15.4. The van der Waals surface area contributed by atoms with Crippen molar-refractivity contribution < 1.29 is 14.7 Å². The Morgan fingerprint density at radius 2 is 1.60 bits per heavy atom. The van der Waals surface area contributed by atoms with Crippen LogP contribution < -0.4 is 5.32 Å². The predicted octanol–water partition coefficient (Wildman–Crippen LogP) is 2.85. The fourth-order valence-electron chi connectivity index (χ4n) is 2.74. The van der Waals surface area contributed by atoms with Gasteiger partial charge in [0.05, 0.1) is 5.41 Å². The monoisotopic (exact) mass is 284 g/mol. The van der Waals surface area contributed by atoms with E-state index in [0.29, 0.717) is 25.9 Å². The molecule has 5 heteroatoms. The lowest BCUT2D eigenvalue weighted by atomic mass is 9.80. The van der Waals surface area contributed by atoms with Crippen LogP contribution >= 0.6 is 0 Å². The fourth-order valence-corrected chi connectivity index (χ4v) is 2.74. The van der Waals surface area contributed by atoms with Crippen molar-refractivity contribution in [2.24, 2.45) is 5.41 Å². The first kappa shape index (κ1) is 16.8. The van der Waals surface area contributed by atoms with E-state index >= 15 is 0 Å². The SMILES string of the molecule is CCC(CC)(CC)NC(=O)N1CCC(C)(C(=O)O)CC1. The molecule has 0 aromatic heterocycles. The highest BCUT2D eigenvalue weighted by molar-refractivity contribution is 5.77. The minimum absolute atomic E-state index is 0.0528. The largest absolute Gasteiger partial charge is 0.481 e. The highest BCUT2D eigenvalue weighted by atomic mass is 16.4. The molecule has 1 aliphatic rings. The molecule has 1 heterocycles. The molecule has 0 aromatic rings. The summed E-state index contributed by atoms with van der Waals surface area (Å²) in [6.07, 6.45) is 3.77. The van der Waals surface area contributed by atoms with Crippen LogP contribution in [0.4, 0.5) is 4.79 Å². The molecule has 0 radical (unpaired) electrons. The lowest BCUT2D eigenvalue weighted by Gasteiger charge is -2.39. The molecule has 0 unspecified atom stereocenters. The summed E-state index contributed by atoms with van der Waals surface area (Å²) >= 11 is 0. The van der Waals surface area contributed by atoms with Gasteiger partial charge in [0.15, 0.2) is 0 Å². The van der Waals surface area contributed by atoms with Gasteiger partial charge in [0.1, 0.15) is 0 Å². The summed E-state index contributed by atoms with van der Waals surface area (Å²) in [6, 6.07) is -0.0528. The van der Waals surface area contributed by atoms with E-state index in [0.717, 1.165) is 19.3 Å². The maximum absolute atomic E-state index is 12.3. The van der Waals surface area contributed by atoms with Gasteiger partial charge < -0.3 is 15.3 Å². The Labute approximate surface area is 121 Å². The molecule has 0 aromatic carbocycles. The third-order valence-corrected chi connectivity index (χ3v) is 5.07. The number of aliphatic carboxylic acids is 1. The first-order valence-corrected chi connectivity index (χ1v) is 7.63. The van der Waals surface area contributed by atoms with Gasteiger partial charge in [-0.1, -0.05) is 20.8 Å². The number of carbonyl (C=O) groups is 2. The third-order valence-electron chi connectivity index (χ3n) is 5.07. The summed E-state index contributed by atoms with van der Waals surface area (Å²) in [4.78, 5) is 25.3. The summed E-state index contributed by atoms with van der Waals surface area (Å²) in [5.74, 6) is -0.762. The second-order valence-corrected chi connectivity index (χ2v) is 6.12. The van der Waals surface area contributed by atoms with Crippen LogP contribution in [0.3, 0.4) is 0 Å². The molecule has 1 saturated heterocycles. The standard InChI is InChI=1S/C15H28N2O3/c1-5-15(6-2,7-3)16-13(20)17-10-8-14(4,9-11-17)12(18)19/h5-11H2,1-4H3,(H,16,20)(H,18,19). The van der Waals surface area contributed by atoms with E-state index in [1.807, 2.05) is 0 Å². The van der Waals surface area contributed by atoms with Gasteiger partial charge in [-0.3, -0.25) is 4.79 Å². The molecule has 0 atom stereocenters. The van der Waals surface area contributed by atoms with E-state index in [1.54, 1.807) is 11.8 Å². The van der Waals surface area contributed by atoms with Gasteiger partial charge in [0.2, 0.25) is 0 Å². The average Bonchev–Trinajstić information content (AvgIpc) is 2.45. The zero-order valence-electron chi connectivity index (χ0n) is 13.2. The molecule has 20 heavy (non-hydrogen) atoms. The number of amides is 2. The van der Waals surface area contributed by atoms with E-state index in [1.165, 1.54) is 0 Å². The van der Waals surface area contributed by atoms with Crippen LogP contribution in [0.5, 0.6) is 0 Å². The number of nitrogens with one attached hydrogen (secondary N) is 1. The number of carboxylic acid groups (broad SMARTS) is 1. The Bertz CT molecular complexity index is 348. The van der Waals surface area contributed by atoms with Crippen molar-refractivity contribution >= 4 is 12.0 Å². The maximum Gasteiger partial charge on any atom is 0.317 e. The Morgan fingerprint density at radius 3 is 1.95 bits per heavy atom. The van der Waals surface area contributed by atoms with E-state index in [9.17, 15) is 14.7 Å². The van der Waals surface area contributed by atoms with Gasteiger partial charge in [0.25, 0.3) is 0 Å². The summed E-state index contributed by atoms with van der Waals surface area (Å²) in [6.45, 7) is 9.06. The molecular weight excluding hydrogens is 256 g/mol. The highest BCUT2D eigenvalue weighted by Gasteiger charge is 2.39. The number of hydrogen-bond donors (Lipinski definition) is 2. The lowest BCUT2D eigenvalue weighted by Crippen LogP contribution is -2.55. The Morgan fingerprint density at radius 1 is 1.15 bits per heavy atom. The Hall–Kier alpha value is -1.26. The van der Waals surface area contributed by atoms with Crippen molar-refractivity contribution in [1.82, 2.24) is 10.2 Å². The number of urea groups is 1. The Balaban J connectivity index is 2.61. The van der Waals surface area contributed by atoms with Gasteiger partial charge in [0, 0.05) is 18.6 Å². The number of rotatable bonds is 5. The van der Waals surface area contributed by atoms with E-state index < -0.39 is 11.4 Å². The smallest absolute Gasteiger partial charge is 0.317 e. The molecule has 1 rings (SSSR count). The van der Waals surface area contributed by atoms with Crippen LogP contribution in [0.2, 0.25) is 0 Å². The molecule has 2 amide bonds. The first-order chi connectivity index (χ1) is 9.32. The summed E-state index contributed by atoms with van der Waals surface area (Å²) in [5.41, 5.74) is -0.821. The van der Waals surface area contributed by atoms with Crippen LogP contribution in [0.15, 0.2) is 0 Å². The van der Waals surface area contributed by atoms with E-state index in [2.05, 4.69) is 26.1 Å². The summed E-state index contributed by atoms with van der Waals surface area (Å²) < 4.78 is 0. The van der Waals surface area contributed by atoms with Gasteiger partial charge in [-0.05, 0) is 39.0 Å². The number of hydrogen-bond acceptors (Lipinski definition) is 2. The van der Waals surface area contributed by atoms with Crippen LogP contribution in [0.25, 0.3) is 0 Å². The lowest BCUT2D eigenvalue weighted by molar-refractivity contribution is -0.150.